The van der Waals surface area contributed by atoms with Gasteiger partial charge < -0.3 is 10.2 Å². The molecule has 0 radical (unpaired) electrons. The first kappa shape index (κ1) is 19.9. The Morgan fingerprint density at radius 3 is 2.38 bits per heavy atom. The van der Waals surface area contributed by atoms with Crippen molar-refractivity contribution in [3.05, 3.63) is 24.3 Å². The van der Waals surface area contributed by atoms with E-state index in [9.17, 15) is 9.90 Å². The average Bonchev–Trinajstić information content (AvgIpc) is 2.45. The van der Waals surface area contributed by atoms with E-state index in [4.69, 9.17) is 5.11 Å². The molecule has 0 saturated carbocycles. The molecule has 0 aromatic heterocycles. The van der Waals surface area contributed by atoms with E-state index < -0.39 is 5.97 Å². The smallest absolute Gasteiger partial charge is 0.303 e. The van der Waals surface area contributed by atoms with Crippen LogP contribution in [0.15, 0.2) is 24.3 Å². The van der Waals surface area contributed by atoms with Crippen LogP contribution >= 0.6 is 0 Å². The van der Waals surface area contributed by atoms with Crippen molar-refractivity contribution in [2.75, 3.05) is 0 Å². The topological polar surface area (TPSA) is 57.5 Å². The molecule has 0 aliphatic rings. The van der Waals surface area contributed by atoms with E-state index in [1.165, 1.54) is 6.42 Å². The van der Waals surface area contributed by atoms with E-state index in [0.29, 0.717) is 6.42 Å². The molecule has 21 heavy (non-hydrogen) atoms. The van der Waals surface area contributed by atoms with Gasteiger partial charge in [-0.05, 0) is 32.1 Å². The Kier molecular flexibility index (Phi) is 14.5. The van der Waals surface area contributed by atoms with E-state index in [1.54, 1.807) is 0 Å². The predicted octanol–water partition coefficient (Wildman–Crippen LogP) is 4.86. The SMILES string of the molecule is CCCCC(O)C/C=C\C=C\CCCCCCCC(=O)O. The highest BCUT2D eigenvalue weighted by Crippen LogP contribution is 2.08. The fourth-order valence-electron chi connectivity index (χ4n) is 2.12. The minimum atomic E-state index is -0.690. The normalized spacial score (nSPS) is 13.2. The summed E-state index contributed by atoms with van der Waals surface area (Å²) >= 11 is 0. The van der Waals surface area contributed by atoms with Gasteiger partial charge in [0.15, 0.2) is 0 Å². The van der Waals surface area contributed by atoms with E-state index in [2.05, 4.69) is 19.1 Å². The maximum absolute atomic E-state index is 10.3. The number of hydrogen-bond donors (Lipinski definition) is 2. The zero-order valence-corrected chi connectivity index (χ0v) is 13.5. The van der Waals surface area contributed by atoms with Crippen LogP contribution in [-0.2, 0) is 4.79 Å². The molecule has 0 bridgehead atoms. The lowest BCUT2D eigenvalue weighted by Gasteiger charge is -2.05. The van der Waals surface area contributed by atoms with E-state index in [0.717, 1.165) is 57.8 Å². The van der Waals surface area contributed by atoms with E-state index in [1.807, 2.05) is 12.2 Å². The van der Waals surface area contributed by atoms with Crippen LogP contribution in [0, 0.1) is 0 Å². The Bertz CT molecular complexity index is 295. The van der Waals surface area contributed by atoms with Gasteiger partial charge in [-0.1, -0.05) is 63.3 Å². The minimum Gasteiger partial charge on any atom is -0.481 e. The van der Waals surface area contributed by atoms with Crippen molar-refractivity contribution in [1.29, 1.82) is 0 Å². The Hall–Kier alpha value is -1.09. The molecule has 0 aliphatic heterocycles. The number of unbranched alkanes of at least 4 members (excludes halogenated alkanes) is 6. The molecule has 0 fully saturated rings. The second kappa shape index (κ2) is 15.3. The van der Waals surface area contributed by atoms with Crippen LogP contribution in [0.25, 0.3) is 0 Å². The highest BCUT2D eigenvalue weighted by atomic mass is 16.4. The van der Waals surface area contributed by atoms with Crippen LogP contribution in [0.5, 0.6) is 0 Å². The average molecular weight is 296 g/mol. The minimum absolute atomic E-state index is 0.194. The molecular formula is C18H32O3. The molecule has 122 valence electrons. The molecule has 0 rings (SSSR count). The van der Waals surface area contributed by atoms with Crippen molar-refractivity contribution in [3.63, 3.8) is 0 Å². The third kappa shape index (κ3) is 16.9. The second-order valence-electron chi connectivity index (χ2n) is 5.59. The number of carbonyl (C=O) groups is 1. The summed E-state index contributed by atoms with van der Waals surface area (Å²) in [5.74, 6) is -0.690. The highest BCUT2D eigenvalue weighted by Gasteiger charge is 1.99. The van der Waals surface area contributed by atoms with Crippen molar-refractivity contribution in [2.45, 2.75) is 83.7 Å². The second-order valence-corrected chi connectivity index (χ2v) is 5.59. The lowest BCUT2D eigenvalue weighted by molar-refractivity contribution is -0.137. The Morgan fingerprint density at radius 2 is 1.67 bits per heavy atom. The van der Waals surface area contributed by atoms with E-state index in [-0.39, 0.29) is 6.10 Å². The number of carboxylic acid groups (broad SMARTS) is 1. The van der Waals surface area contributed by atoms with Gasteiger partial charge >= 0.3 is 5.97 Å². The molecule has 3 heteroatoms. The van der Waals surface area contributed by atoms with Crippen molar-refractivity contribution in [1.82, 2.24) is 0 Å². The molecule has 0 amide bonds. The van der Waals surface area contributed by atoms with Crippen LogP contribution in [0.1, 0.15) is 77.6 Å². The molecule has 1 atom stereocenters. The zero-order valence-electron chi connectivity index (χ0n) is 13.5. The van der Waals surface area contributed by atoms with Gasteiger partial charge in [-0.15, -0.1) is 0 Å². The molecule has 0 saturated heterocycles. The number of aliphatic hydroxyl groups is 1. The number of aliphatic hydroxyl groups excluding tert-OH is 1. The summed E-state index contributed by atoms with van der Waals surface area (Å²) in [7, 11) is 0. The third-order valence-corrected chi connectivity index (χ3v) is 3.44. The van der Waals surface area contributed by atoms with Crippen molar-refractivity contribution >= 4 is 5.97 Å². The Morgan fingerprint density at radius 1 is 1.00 bits per heavy atom. The summed E-state index contributed by atoms with van der Waals surface area (Å²) < 4.78 is 0. The number of hydrogen-bond acceptors (Lipinski definition) is 2. The van der Waals surface area contributed by atoms with Gasteiger partial charge in [0.05, 0.1) is 6.10 Å². The van der Waals surface area contributed by atoms with Crippen LogP contribution in [0.3, 0.4) is 0 Å². The summed E-state index contributed by atoms with van der Waals surface area (Å²) in [6.07, 6.45) is 18.6. The Balaban J connectivity index is 3.33. The summed E-state index contributed by atoms with van der Waals surface area (Å²) in [5, 5.41) is 18.1. The molecule has 2 N–H and O–H groups in total. The maximum atomic E-state index is 10.3. The van der Waals surface area contributed by atoms with Gasteiger partial charge in [0, 0.05) is 6.42 Å². The standard InChI is InChI=1S/C18H32O3/c1-2-3-14-17(19)15-12-10-8-6-4-5-7-9-11-13-16-18(20)21/h6,8,10,12,17,19H,2-5,7,9,11,13-16H2,1H3,(H,20,21)/b8-6+,12-10-. The van der Waals surface area contributed by atoms with Gasteiger partial charge in [-0.3, -0.25) is 4.79 Å². The number of aliphatic carboxylic acids is 1. The number of allylic oxidation sites excluding steroid dienone is 3. The quantitative estimate of drug-likeness (QED) is 0.355. The zero-order chi connectivity index (χ0) is 15.8. The van der Waals surface area contributed by atoms with Gasteiger partial charge in [-0.25, -0.2) is 0 Å². The van der Waals surface area contributed by atoms with Crippen LogP contribution in [0.4, 0.5) is 0 Å². The van der Waals surface area contributed by atoms with Gasteiger partial charge in [0.25, 0.3) is 0 Å². The van der Waals surface area contributed by atoms with Crippen molar-refractivity contribution in [3.8, 4) is 0 Å². The lowest BCUT2D eigenvalue weighted by atomic mass is 10.1. The van der Waals surface area contributed by atoms with Crippen molar-refractivity contribution < 1.29 is 15.0 Å². The monoisotopic (exact) mass is 296 g/mol. The molecule has 0 heterocycles. The first-order valence-corrected chi connectivity index (χ1v) is 8.38. The van der Waals surface area contributed by atoms with Crippen LogP contribution in [-0.4, -0.2) is 22.3 Å². The first-order chi connectivity index (χ1) is 10.2. The number of carboxylic acids is 1. The summed E-state index contributed by atoms with van der Waals surface area (Å²) in [4.78, 5) is 10.3. The predicted molar refractivity (Wildman–Crippen MR) is 88.4 cm³/mol. The van der Waals surface area contributed by atoms with Crippen LogP contribution < -0.4 is 0 Å². The lowest BCUT2D eigenvalue weighted by Crippen LogP contribution is -2.03. The molecule has 0 spiro atoms. The summed E-state index contributed by atoms with van der Waals surface area (Å²) in [6, 6.07) is 0. The van der Waals surface area contributed by atoms with Crippen LogP contribution in [0.2, 0.25) is 0 Å². The van der Waals surface area contributed by atoms with Crippen molar-refractivity contribution in [2.24, 2.45) is 0 Å². The van der Waals surface area contributed by atoms with Gasteiger partial charge in [0.2, 0.25) is 0 Å². The third-order valence-electron chi connectivity index (χ3n) is 3.44. The van der Waals surface area contributed by atoms with Gasteiger partial charge in [-0.2, -0.15) is 0 Å². The van der Waals surface area contributed by atoms with Gasteiger partial charge in [0.1, 0.15) is 0 Å². The number of rotatable bonds is 14. The Labute approximate surface area is 129 Å². The fraction of sp³-hybridized carbons (Fsp3) is 0.722. The first-order valence-electron chi connectivity index (χ1n) is 8.38. The summed E-state index contributed by atoms with van der Waals surface area (Å²) in [5.41, 5.74) is 0. The maximum Gasteiger partial charge on any atom is 0.303 e. The fourth-order valence-corrected chi connectivity index (χ4v) is 2.12. The molecule has 0 aliphatic carbocycles. The molecule has 1 unspecified atom stereocenters. The molecular weight excluding hydrogens is 264 g/mol. The van der Waals surface area contributed by atoms with E-state index >= 15 is 0 Å². The largest absolute Gasteiger partial charge is 0.481 e. The molecule has 3 nitrogen and oxygen atoms in total. The molecule has 0 aromatic rings. The summed E-state index contributed by atoms with van der Waals surface area (Å²) in [6.45, 7) is 2.14. The molecule has 0 aromatic carbocycles. The highest BCUT2D eigenvalue weighted by molar-refractivity contribution is 5.66.